The first-order valence-electron chi connectivity index (χ1n) is 8.35. The molecular weight excluding hydrogens is 366 g/mol. The fourth-order valence-electron chi connectivity index (χ4n) is 2.19. The summed E-state index contributed by atoms with van der Waals surface area (Å²) in [5, 5.41) is 2.99. The first kappa shape index (κ1) is 22.5. The third kappa shape index (κ3) is 6.57. The van der Waals surface area contributed by atoms with Crippen LogP contribution in [0.15, 0.2) is 24.5 Å². The highest BCUT2D eigenvalue weighted by Crippen LogP contribution is 2.69. The molecule has 144 valence electrons. The Bertz CT molecular complexity index is 537. The molecule has 0 radical (unpaired) electrons. The Morgan fingerprint density at radius 1 is 0.960 bits per heavy atom. The van der Waals surface area contributed by atoms with E-state index in [9.17, 15) is 9.13 Å². The van der Waals surface area contributed by atoms with E-state index in [-0.39, 0.29) is 33.0 Å². The van der Waals surface area contributed by atoms with Crippen LogP contribution >= 0.6 is 15.2 Å². The molecular formula is C15H28N2O6P2. The molecule has 0 amide bonds. The first-order chi connectivity index (χ1) is 12.0. The largest absolute Gasteiger partial charge is 0.359 e. The first-order valence-corrected chi connectivity index (χ1v) is 11.6. The monoisotopic (exact) mass is 394 g/mol. The molecule has 0 unspecified atom stereocenters. The Balaban J connectivity index is 3.18. The summed E-state index contributed by atoms with van der Waals surface area (Å²) in [5.41, 5.74) is -0.411. The van der Waals surface area contributed by atoms with Gasteiger partial charge in [-0.25, -0.2) is 0 Å². The second-order valence-corrected chi connectivity index (χ2v) is 9.50. The Kier molecular flexibility index (Phi) is 10.1. The molecule has 1 aromatic rings. The summed E-state index contributed by atoms with van der Waals surface area (Å²) in [6.07, 6.45) is 3.31. The summed E-state index contributed by atoms with van der Waals surface area (Å²) in [5.74, 6) is 0. The molecule has 0 fully saturated rings. The van der Waals surface area contributed by atoms with Gasteiger partial charge in [-0.05, 0) is 39.3 Å². The van der Waals surface area contributed by atoms with Crippen molar-refractivity contribution in [2.45, 2.75) is 39.8 Å². The highest BCUT2D eigenvalue weighted by Gasteiger charge is 2.50. The fraction of sp³-hybridized carbons (Fsp3) is 0.667. The van der Waals surface area contributed by atoms with Crippen molar-refractivity contribution >= 4 is 15.2 Å². The molecule has 0 atom stereocenters. The van der Waals surface area contributed by atoms with Crippen molar-refractivity contribution in [3.63, 3.8) is 0 Å². The lowest BCUT2D eigenvalue weighted by Crippen LogP contribution is -2.32. The summed E-state index contributed by atoms with van der Waals surface area (Å²) >= 11 is 0. The van der Waals surface area contributed by atoms with Crippen molar-refractivity contribution in [3.05, 3.63) is 30.1 Å². The zero-order valence-electron chi connectivity index (χ0n) is 15.2. The van der Waals surface area contributed by atoms with Gasteiger partial charge in [-0.15, -0.1) is 0 Å². The van der Waals surface area contributed by atoms with Gasteiger partial charge in [0.15, 0.2) is 0 Å². The van der Waals surface area contributed by atoms with Crippen LogP contribution in [0.5, 0.6) is 0 Å². The molecule has 25 heavy (non-hydrogen) atoms. The number of hydrogen-bond donors (Lipinski definition) is 1. The van der Waals surface area contributed by atoms with Crippen molar-refractivity contribution in [1.82, 2.24) is 10.3 Å². The molecule has 1 N–H and O–H groups in total. The number of pyridine rings is 1. The topological polar surface area (TPSA) is 96.0 Å². The van der Waals surface area contributed by atoms with Gasteiger partial charge in [0.2, 0.25) is 5.52 Å². The van der Waals surface area contributed by atoms with E-state index in [2.05, 4.69) is 10.3 Å². The highest BCUT2D eigenvalue weighted by molar-refractivity contribution is 7.72. The molecule has 8 nitrogen and oxygen atoms in total. The molecule has 1 heterocycles. The van der Waals surface area contributed by atoms with Gasteiger partial charge in [-0.1, -0.05) is 6.07 Å². The number of nitrogens with zero attached hydrogens (tertiary/aromatic N) is 1. The van der Waals surface area contributed by atoms with E-state index in [1.54, 1.807) is 46.2 Å². The van der Waals surface area contributed by atoms with Crippen LogP contribution in [0, 0.1) is 0 Å². The quantitative estimate of drug-likeness (QED) is 0.502. The maximum Gasteiger partial charge on any atom is 0.359 e. The average molecular weight is 394 g/mol. The zero-order valence-corrected chi connectivity index (χ0v) is 17.0. The van der Waals surface area contributed by atoms with Gasteiger partial charge in [0.25, 0.3) is 0 Å². The number of rotatable bonds is 13. The Hall–Kier alpha value is -0.590. The van der Waals surface area contributed by atoms with E-state index in [0.717, 1.165) is 5.56 Å². The van der Waals surface area contributed by atoms with E-state index >= 15 is 0 Å². The van der Waals surface area contributed by atoms with Crippen LogP contribution in [0.2, 0.25) is 0 Å². The van der Waals surface area contributed by atoms with Crippen LogP contribution in [0.4, 0.5) is 0 Å². The van der Waals surface area contributed by atoms with Gasteiger partial charge in [0, 0.05) is 18.9 Å². The van der Waals surface area contributed by atoms with Crippen molar-refractivity contribution in [3.8, 4) is 0 Å². The van der Waals surface area contributed by atoms with Crippen molar-refractivity contribution in [2.75, 3.05) is 26.4 Å². The Morgan fingerprint density at radius 2 is 1.44 bits per heavy atom. The maximum absolute atomic E-state index is 13.3. The number of nitrogens with one attached hydrogen (secondary N) is 1. The number of hydrogen-bond acceptors (Lipinski definition) is 8. The molecule has 10 heteroatoms. The third-order valence-corrected chi connectivity index (χ3v) is 8.78. The lowest BCUT2D eigenvalue weighted by atomic mass is 10.3. The molecule has 0 aliphatic heterocycles. The third-order valence-electron chi connectivity index (χ3n) is 3.05. The fourth-order valence-corrected chi connectivity index (χ4v) is 7.15. The van der Waals surface area contributed by atoms with E-state index in [1.165, 1.54) is 0 Å². The molecule has 0 aliphatic rings. The smallest absolute Gasteiger partial charge is 0.307 e. The molecule has 0 aromatic carbocycles. The molecule has 0 saturated carbocycles. The SMILES string of the molecule is CCOP(=O)(OCC)C(NCc1cccnc1)P(=O)(OCC)OCC. The molecule has 0 spiro atoms. The molecule has 1 aromatic heterocycles. The predicted octanol–water partition coefficient (Wildman–Crippen LogP) is 3.99. The van der Waals surface area contributed by atoms with Crippen LogP contribution < -0.4 is 5.32 Å². The van der Waals surface area contributed by atoms with Crippen LogP contribution in [0.1, 0.15) is 33.3 Å². The Labute approximate surface area is 149 Å². The molecule has 1 rings (SSSR count). The second-order valence-electron chi connectivity index (χ2n) is 4.87. The summed E-state index contributed by atoms with van der Waals surface area (Å²) in [6.45, 7) is 7.58. The molecule has 0 saturated heterocycles. The van der Waals surface area contributed by atoms with Gasteiger partial charge in [0.05, 0.1) is 26.4 Å². The zero-order chi connectivity index (χ0) is 18.8. The van der Waals surface area contributed by atoms with Crippen LogP contribution in [-0.4, -0.2) is 36.9 Å². The van der Waals surface area contributed by atoms with E-state index < -0.39 is 20.7 Å². The summed E-state index contributed by atoms with van der Waals surface area (Å²) < 4.78 is 48.1. The van der Waals surface area contributed by atoms with Gasteiger partial charge < -0.3 is 18.1 Å². The molecule has 0 aliphatic carbocycles. The van der Waals surface area contributed by atoms with Gasteiger partial charge in [-0.3, -0.25) is 19.4 Å². The second kappa shape index (κ2) is 11.2. The van der Waals surface area contributed by atoms with Gasteiger partial charge >= 0.3 is 15.2 Å². The maximum atomic E-state index is 13.3. The van der Waals surface area contributed by atoms with Crippen LogP contribution in [0.3, 0.4) is 0 Å². The summed E-state index contributed by atoms with van der Waals surface area (Å²) in [6, 6.07) is 3.62. The van der Waals surface area contributed by atoms with Crippen LogP contribution in [0.25, 0.3) is 0 Å². The number of aromatic nitrogens is 1. The summed E-state index contributed by atoms with van der Waals surface area (Å²) in [7, 11) is -7.58. The lowest BCUT2D eigenvalue weighted by Gasteiger charge is -2.31. The standard InChI is InChI=1S/C15H28N2O6P2/c1-5-20-24(18,21-6-2)15(25(19,22-7-3)23-8-4)17-13-14-10-9-11-16-12-14/h9-12,15,17H,5-8,13H2,1-4H3. The van der Waals surface area contributed by atoms with E-state index in [0.29, 0.717) is 0 Å². The van der Waals surface area contributed by atoms with Crippen LogP contribution in [-0.2, 0) is 33.8 Å². The minimum absolute atomic E-state index is 0.139. The summed E-state index contributed by atoms with van der Waals surface area (Å²) in [4.78, 5) is 4.03. The minimum Gasteiger partial charge on any atom is -0.307 e. The normalized spacial score (nSPS) is 12.7. The predicted molar refractivity (Wildman–Crippen MR) is 96.6 cm³/mol. The Morgan fingerprint density at radius 3 is 1.80 bits per heavy atom. The minimum atomic E-state index is -3.79. The van der Waals surface area contributed by atoms with E-state index in [1.807, 2.05) is 6.07 Å². The van der Waals surface area contributed by atoms with Crippen molar-refractivity contribution in [2.24, 2.45) is 0 Å². The highest BCUT2D eigenvalue weighted by atomic mass is 31.2. The molecule has 0 bridgehead atoms. The van der Waals surface area contributed by atoms with Gasteiger partial charge in [0.1, 0.15) is 0 Å². The lowest BCUT2D eigenvalue weighted by molar-refractivity contribution is 0.190. The van der Waals surface area contributed by atoms with Crippen molar-refractivity contribution < 1.29 is 27.2 Å². The van der Waals surface area contributed by atoms with Crippen molar-refractivity contribution in [1.29, 1.82) is 0 Å². The average Bonchev–Trinajstić information content (AvgIpc) is 2.56. The van der Waals surface area contributed by atoms with E-state index in [4.69, 9.17) is 18.1 Å². The van der Waals surface area contributed by atoms with Gasteiger partial charge in [-0.2, -0.15) is 0 Å².